The first-order valence-electron chi connectivity index (χ1n) is 7.67. The smallest absolute Gasteiger partial charge is 0.191 e. The molecule has 0 aliphatic carbocycles. The molecular formula is C16H24N6. The second kappa shape index (κ2) is 8.81. The van der Waals surface area contributed by atoms with Gasteiger partial charge in [-0.15, -0.1) is 0 Å². The Kier molecular flexibility index (Phi) is 6.41. The molecule has 6 nitrogen and oxygen atoms in total. The van der Waals surface area contributed by atoms with Crippen molar-refractivity contribution in [3.05, 3.63) is 48.0 Å². The summed E-state index contributed by atoms with van der Waals surface area (Å²) in [6.07, 6.45) is 7.82. The van der Waals surface area contributed by atoms with E-state index in [-0.39, 0.29) is 0 Å². The van der Waals surface area contributed by atoms with Gasteiger partial charge in [0.15, 0.2) is 5.96 Å². The van der Waals surface area contributed by atoms with Crippen LogP contribution in [-0.2, 0) is 20.0 Å². The van der Waals surface area contributed by atoms with E-state index in [1.165, 1.54) is 5.56 Å². The van der Waals surface area contributed by atoms with Gasteiger partial charge in [0.05, 0.1) is 18.4 Å². The van der Waals surface area contributed by atoms with Crippen LogP contribution in [0.3, 0.4) is 0 Å². The lowest BCUT2D eigenvalue weighted by Gasteiger charge is -2.10. The van der Waals surface area contributed by atoms with Crippen molar-refractivity contribution in [2.75, 3.05) is 13.1 Å². The Hall–Kier alpha value is -2.37. The molecule has 0 saturated heterocycles. The highest BCUT2D eigenvalue weighted by Gasteiger charge is 1.99. The predicted octanol–water partition coefficient (Wildman–Crippen LogP) is 1.50. The molecule has 6 heteroatoms. The van der Waals surface area contributed by atoms with E-state index in [2.05, 4.69) is 38.8 Å². The zero-order valence-electron chi connectivity index (χ0n) is 13.3. The maximum absolute atomic E-state index is 4.55. The summed E-state index contributed by atoms with van der Waals surface area (Å²) in [7, 11) is 1.94. The monoisotopic (exact) mass is 300 g/mol. The minimum Gasteiger partial charge on any atom is -0.357 e. The van der Waals surface area contributed by atoms with Gasteiger partial charge in [0.2, 0.25) is 0 Å². The van der Waals surface area contributed by atoms with Crippen LogP contribution in [0.1, 0.15) is 24.6 Å². The van der Waals surface area contributed by atoms with Crippen LogP contribution in [0.4, 0.5) is 0 Å². The number of nitrogens with one attached hydrogen (secondary N) is 2. The third-order valence-corrected chi connectivity index (χ3v) is 3.16. The molecule has 22 heavy (non-hydrogen) atoms. The number of aromatic nitrogens is 3. The second-order valence-electron chi connectivity index (χ2n) is 5.07. The van der Waals surface area contributed by atoms with Gasteiger partial charge < -0.3 is 10.6 Å². The Labute approximate surface area is 131 Å². The van der Waals surface area contributed by atoms with Crippen molar-refractivity contribution in [2.45, 2.75) is 26.3 Å². The second-order valence-corrected chi connectivity index (χ2v) is 5.07. The zero-order chi connectivity index (χ0) is 15.6. The molecule has 0 saturated carbocycles. The van der Waals surface area contributed by atoms with E-state index in [0.29, 0.717) is 6.54 Å². The SMILES string of the molecule is CCNC(=NCc1ccccn1)NCCCc1cnn(C)c1. The van der Waals surface area contributed by atoms with Gasteiger partial charge >= 0.3 is 0 Å². The number of nitrogens with zero attached hydrogens (tertiary/aromatic N) is 4. The third kappa shape index (κ3) is 5.55. The van der Waals surface area contributed by atoms with Crippen molar-refractivity contribution in [2.24, 2.45) is 12.0 Å². The summed E-state index contributed by atoms with van der Waals surface area (Å²) in [4.78, 5) is 8.83. The van der Waals surface area contributed by atoms with E-state index in [4.69, 9.17) is 0 Å². The van der Waals surface area contributed by atoms with Crippen LogP contribution in [0.2, 0.25) is 0 Å². The Bertz CT molecular complexity index is 575. The van der Waals surface area contributed by atoms with Gasteiger partial charge in [-0.05, 0) is 37.5 Å². The van der Waals surface area contributed by atoms with Crippen LogP contribution in [0, 0.1) is 0 Å². The fourth-order valence-electron chi connectivity index (χ4n) is 2.09. The van der Waals surface area contributed by atoms with Gasteiger partial charge in [-0.2, -0.15) is 5.10 Å². The summed E-state index contributed by atoms with van der Waals surface area (Å²) in [6, 6.07) is 5.87. The van der Waals surface area contributed by atoms with Gasteiger partial charge in [0.1, 0.15) is 0 Å². The number of rotatable bonds is 7. The zero-order valence-corrected chi connectivity index (χ0v) is 13.3. The molecule has 2 aromatic heterocycles. The number of aryl methyl sites for hydroxylation is 2. The van der Waals surface area contributed by atoms with Crippen molar-refractivity contribution < 1.29 is 0 Å². The molecule has 0 bridgehead atoms. The molecule has 0 atom stereocenters. The van der Waals surface area contributed by atoms with Crippen molar-refractivity contribution in [1.29, 1.82) is 0 Å². The molecule has 2 N–H and O–H groups in total. The van der Waals surface area contributed by atoms with E-state index in [0.717, 1.165) is 37.6 Å². The molecule has 2 heterocycles. The topological polar surface area (TPSA) is 67.1 Å². The van der Waals surface area contributed by atoms with Crippen molar-refractivity contribution in [3.8, 4) is 0 Å². The average Bonchev–Trinajstić information content (AvgIpc) is 2.95. The Morgan fingerprint density at radius 1 is 1.32 bits per heavy atom. The summed E-state index contributed by atoms with van der Waals surface area (Å²) in [5, 5.41) is 10.8. The molecule has 0 amide bonds. The average molecular weight is 300 g/mol. The standard InChI is InChI=1S/C16H24N6/c1-3-17-16(20-12-15-8-4-5-9-18-15)19-10-6-7-14-11-21-22(2)13-14/h4-5,8-9,11,13H,3,6-7,10,12H2,1-2H3,(H2,17,19,20). The molecule has 0 aromatic carbocycles. The predicted molar refractivity (Wildman–Crippen MR) is 88.6 cm³/mol. The molecule has 0 unspecified atom stereocenters. The molecule has 2 rings (SSSR count). The van der Waals surface area contributed by atoms with Crippen LogP contribution < -0.4 is 10.6 Å². The van der Waals surface area contributed by atoms with E-state index in [9.17, 15) is 0 Å². The highest BCUT2D eigenvalue weighted by Crippen LogP contribution is 2.00. The molecule has 0 radical (unpaired) electrons. The van der Waals surface area contributed by atoms with Crippen LogP contribution in [0.15, 0.2) is 41.8 Å². The van der Waals surface area contributed by atoms with Crippen LogP contribution in [0.5, 0.6) is 0 Å². The lowest BCUT2D eigenvalue weighted by Crippen LogP contribution is -2.37. The van der Waals surface area contributed by atoms with Gasteiger partial charge in [-0.3, -0.25) is 9.67 Å². The number of hydrogen-bond acceptors (Lipinski definition) is 3. The first-order chi connectivity index (χ1) is 10.8. The van der Waals surface area contributed by atoms with Crippen molar-refractivity contribution in [3.63, 3.8) is 0 Å². The molecule has 0 aliphatic heterocycles. The first-order valence-corrected chi connectivity index (χ1v) is 7.67. The Balaban J connectivity index is 1.76. The molecule has 0 spiro atoms. The van der Waals surface area contributed by atoms with Gasteiger partial charge in [0, 0.05) is 32.5 Å². The third-order valence-electron chi connectivity index (χ3n) is 3.16. The number of aliphatic imine (C=N–C) groups is 1. The maximum atomic E-state index is 4.55. The summed E-state index contributed by atoms with van der Waals surface area (Å²) in [5.41, 5.74) is 2.23. The van der Waals surface area contributed by atoms with Crippen molar-refractivity contribution in [1.82, 2.24) is 25.4 Å². The largest absolute Gasteiger partial charge is 0.357 e. The molecule has 0 aliphatic rings. The van der Waals surface area contributed by atoms with Crippen LogP contribution >= 0.6 is 0 Å². The summed E-state index contributed by atoms with van der Waals surface area (Å²) >= 11 is 0. The summed E-state index contributed by atoms with van der Waals surface area (Å²) in [6.45, 7) is 4.37. The highest BCUT2D eigenvalue weighted by molar-refractivity contribution is 5.79. The van der Waals surface area contributed by atoms with Crippen LogP contribution in [-0.4, -0.2) is 33.8 Å². The van der Waals surface area contributed by atoms with E-state index in [1.54, 1.807) is 6.20 Å². The number of hydrogen-bond donors (Lipinski definition) is 2. The number of pyridine rings is 1. The van der Waals surface area contributed by atoms with Crippen molar-refractivity contribution >= 4 is 5.96 Å². The van der Waals surface area contributed by atoms with Gasteiger partial charge in [-0.25, -0.2) is 4.99 Å². The minimum absolute atomic E-state index is 0.582. The van der Waals surface area contributed by atoms with Gasteiger partial charge in [0.25, 0.3) is 0 Å². The molecule has 118 valence electrons. The molecule has 2 aromatic rings. The molecular weight excluding hydrogens is 276 g/mol. The van der Waals surface area contributed by atoms with Crippen LogP contribution in [0.25, 0.3) is 0 Å². The number of guanidine groups is 1. The maximum Gasteiger partial charge on any atom is 0.191 e. The fraction of sp³-hybridized carbons (Fsp3) is 0.438. The van der Waals surface area contributed by atoms with E-state index in [1.807, 2.05) is 36.1 Å². The Morgan fingerprint density at radius 3 is 2.91 bits per heavy atom. The highest BCUT2D eigenvalue weighted by atomic mass is 15.2. The Morgan fingerprint density at radius 2 is 2.23 bits per heavy atom. The lowest BCUT2D eigenvalue weighted by atomic mass is 10.2. The van der Waals surface area contributed by atoms with E-state index >= 15 is 0 Å². The quantitative estimate of drug-likeness (QED) is 0.462. The molecule has 0 fully saturated rings. The normalized spacial score (nSPS) is 11.5. The first kappa shape index (κ1) is 16.0. The summed E-state index contributed by atoms with van der Waals surface area (Å²) in [5.74, 6) is 0.833. The summed E-state index contributed by atoms with van der Waals surface area (Å²) < 4.78 is 1.83. The fourth-order valence-corrected chi connectivity index (χ4v) is 2.09. The van der Waals surface area contributed by atoms with Gasteiger partial charge in [-0.1, -0.05) is 6.07 Å². The van der Waals surface area contributed by atoms with E-state index < -0.39 is 0 Å². The minimum atomic E-state index is 0.582. The lowest BCUT2D eigenvalue weighted by molar-refractivity contribution is 0.740.